The Bertz CT molecular complexity index is 1060. The minimum absolute atomic E-state index is 0.0142. The lowest BCUT2D eigenvalue weighted by Crippen LogP contribution is -2.31. The monoisotopic (exact) mass is 492 g/mol. The Hall–Kier alpha value is -4.19. The number of nitrogens with one attached hydrogen (secondary N) is 3. The molecule has 12 heteroatoms. The molecule has 0 aliphatic heterocycles. The molecule has 7 N–H and O–H groups in total. The van der Waals surface area contributed by atoms with Crippen LogP contribution in [-0.4, -0.2) is 54.2 Å². The second kappa shape index (κ2) is 14.2. The number of nitrogen functional groups attached to an aromatic ring is 1. The van der Waals surface area contributed by atoms with Crippen molar-refractivity contribution in [3.63, 3.8) is 0 Å². The van der Waals surface area contributed by atoms with E-state index in [0.717, 1.165) is 6.92 Å². The molecular weight excluding hydrogens is 463 g/mol. The summed E-state index contributed by atoms with van der Waals surface area (Å²) < 4.78 is 24.9. The van der Waals surface area contributed by atoms with Crippen LogP contribution in [0.1, 0.15) is 36.6 Å². The molecule has 0 radical (unpaired) electrons. The van der Waals surface area contributed by atoms with Crippen molar-refractivity contribution in [1.29, 1.82) is 5.41 Å². The number of carboxylic acids is 2. The van der Waals surface area contributed by atoms with Gasteiger partial charge in [0.1, 0.15) is 23.9 Å². The number of nitrogens with two attached hydrogens (primary N) is 1. The number of benzene rings is 2. The summed E-state index contributed by atoms with van der Waals surface area (Å²) in [6, 6.07) is 8.85. The number of carbonyl (C=O) groups is 3. The van der Waals surface area contributed by atoms with Gasteiger partial charge in [-0.2, -0.15) is 0 Å². The molecule has 0 aliphatic rings. The summed E-state index contributed by atoms with van der Waals surface area (Å²) in [4.78, 5) is 32.7. The molecule has 2 aromatic rings. The SMILES string of the molecule is CC(=O)O.CCO[C@@H](C(=O)NCc1ccc(C(=N)N)cc1NCC(=O)O)c1ccc(OC)cc1F. The van der Waals surface area contributed by atoms with E-state index < -0.39 is 29.8 Å². The molecule has 1 atom stereocenters. The van der Waals surface area contributed by atoms with Gasteiger partial charge < -0.3 is 36.1 Å². The van der Waals surface area contributed by atoms with E-state index in [1.165, 1.54) is 31.4 Å². The third-order valence-corrected chi connectivity index (χ3v) is 4.37. The zero-order valence-electron chi connectivity index (χ0n) is 19.6. The summed E-state index contributed by atoms with van der Waals surface area (Å²) >= 11 is 0. The Labute approximate surface area is 201 Å². The van der Waals surface area contributed by atoms with E-state index in [1.807, 2.05) is 0 Å². The average Bonchev–Trinajstić information content (AvgIpc) is 2.79. The van der Waals surface area contributed by atoms with Crippen LogP contribution >= 0.6 is 0 Å². The van der Waals surface area contributed by atoms with Gasteiger partial charge in [0.05, 0.1) is 7.11 Å². The number of hydrogen-bond acceptors (Lipinski definition) is 7. The van der Waals surface area contributed by atoms with Gasteiger partial charge >= 0.3 is 5.97 Å². The molecule has 0 aliphatic carbocycles. The number of aliphatic carboxylic acids is 2. The molecule has 1 amide bonds. The van der Waals surface area contributed by atoms with Crippen LogP contribution in [0.2, 0.25) is 0 Å². The van der Waals surface area contributed by atoms with Crippen LogP contribution in [0.5, 0.6) is 5.75 Å². The highest BCUT2D eigenvalue weighted by atomic mass is 19.1. The quantitative estimate of drug-likeness (QED) is 0.202. The van der Waals surface area contributed by atoms with Crippen molar-refractivity contribution >= 4 is 29.4 Å². The van der Waals surface area contributed by atoms with Crippen LogP contribution in [-0.2, 0) is 25.7 Å². The largest absolute Gasteiger partial charge is 0.497 e. The lowest BCUT2D eigenvalue weighted by Gasteiger charge is -2.19. The number of anilines is 1. The lowest BCUT2D eigenvalue weighted by molar-refractivity contribution is -0.135. The summed E-state index contributed by atoms with van der Waals surface area (Å²) in [6.07, 6.45) is -1.18. The maximum absolute atomic E-state index is 14.5. The van der Waals surface area contributed by atoms with Gasteiger partial charge in [-0.25, -0.2) is 4.39 Å². The molecule has 0 unspecified atom stereocenters. The lowest BCUT2D eigenvalue weighted by atomic mass is 10.1. The smallest absolute Gasteiger partial charge is 0.322 e. The number of rotatable bonds is 11. The van der Waals surface area contributed by atoms with Gasteiger partial charge in [-0.15, -0.1) is 0 Å². The second-order valence-corrected chi connectivity index (χ2v) is 6.99. The van der Waals surface area contributed by atoms with E-state index >= 15 is 0 Å². The molecule has 0 bridgehead atoms. The highest BCUT2D eigenvalue weighted by Gasteiger charge is 2.24. The molecule has 0 saturated heterocycles. The fourth-order valence-electron chi connectivity index (χ4n) is 2.83. The first-order valence-corrected chi connectivity index (χ1v) is 10.3. The minimum atomic E-state index is -1.18. The zero-order valence-corrected chi connectivity index (χ0v) is 19.6. The van der Waals surface area contributed by atoms with Crippen molar-refractivity contribution in [2.24, 2.45) is 5.73 Å². The van der Waals surface area contributed by atoms with Crippen molar-refractivity contribution in [3.05, 3.63) is 58.9 Å². The van der Waals surface area contributed by atoms with Gasteiger partial charge in [0, 0.05) is 43.0 Å². The Kier molecular flexibility index (Phi) is 11.7. The molecule has 0 heterocycles. The van der Waals surface area contributed by atoms with Crippen molar-refractivity contribution in [2.45, 2.75) is 26.5 Å². The van der Waals surface area contributed by atoms with Crippen LogP contribution in [0.4, 0.5) is 10.1 Å². The van der Waals surface area contributed by atoms with E-state index in [0.29, 0.717) is 22.6 Å². The van der Waals surface area contributed by atoms with Crippen LogP contribution in [0.25, 0.3) is 0 Å². The first kappa shape index (κ1) is 28.8. The number of carbonyl (C=O) groups excluding carboxylic acids is 1. The highest BCUT2D eigenvalue weighted by Crippen LogP contribution is 2.25. The molecule has 11 nitrogen and oxygen atoms in total. The molecular formula is C23H29FN4O7. The highest BCUT2D eigenvalue weighted by molar-refractivity contribution is 5.96. The number of amidine groups is 1. The van der Waals surface area contributed by atoms with Crippen LogP contribution in [0, 0.1) is 11.2 Å². The topological polar surface area (TPSA) is 184 Å². The van der Waals surface area contributed by atoms with Gasteiger partial charge in [0.2, 0.25) is 0 Å². The Morgan fingerprint density at radius 3 is 2.34 bits per heavy atom. The van der Waals surface area contributed by atoms with E-state index in [9.17, 15) is 14.0 Å². The molecule has 0 aromatic heterocycles. The number of carboxylic acid groups (broad SMARTS) is 2. The fourth-order valence-corrected chi connectivity index (χ4v) is 2.83. The molecule has 0 spiro atoms. The fraction of sp³-hybridized carbons (Fsp3) is 0.304. The molecule has 0 saturated carbocycles. The maximum Gasteiger partial charge on any atom is 0.322 e. The average molecular weight is 493 g/mol. The summed E-state index contributed by atoms with van der Waals surface area (Å²) in [6.45, 7) is 2.61. The molecule has 2 aromatic carbocycles. The van der Waals surface area contributed by atoms with Gasteiger partial charge in [0.25, 0.3) is 11.9 Å². The van der Waals surface area contributed by atoms with Crippen LogP contribution in [0.15, 0.2) is 36.4 Å². The third-order valence-electron chi connectivity index (χ3n) is 4.37. The molecule has 190 valence electrons. The Morgan fingerprint density at radius 1 is 1.17 bits per heavy atom. The summed E-state index contributed by atoms with van der Waals surface area (Å²) in [5, 5.41) is 29.3. The predicted octanol–water partition coefficient (Wildman–Crippen LogP) is 2.10. The third kappa shape index (κ3) is 9.68. The van der Waals surface area contributed by atoms with Crippen LogP contribution in [0.3, 0.4) is 0 Å². The van der Waals surface area contributed by atoms with Gasteiger partial charge in [-0.1, -0.05) is 12.1 Å². The van der Waals surface area contributed by atoms with Crippen LogP contribution < -0.4 is 21.1 Å². The zero-order chi connectivity index (χ0) is 26.5. The van der Waals surface area contributed by atoms with Crippen molar-refractivity contribution in [1.82, 2.24) is 5.32 Å². The Balaban J connectivity index is 0.00000142. The van der Waals surface area contributed by atoms with Crippen molar-refractivity contribution in [3.8, 4) is 5.75 Å². The maximum atomic E-state index is 14.5. The van der Waals surface area contributed by atoms with E-state index in [4.69, 9.17) is 35.6 Å². The standard InChI is InChI=1S/C21H25FN4O5.C2H4O2/c1-3-31-19(15-7-6-14(30-2)9-16(15)22)21(29)26-10-13-5-4-12(20(23)24)8-17(13)25-11-18(27)28;1-2(3)4/h4-9,19,25H,3,10-11H2,1-2H3,(H3,23,24)(H,26,29)(H,27,28);1H3,(H,3,4)/t19-;/m1./s1. The van der Waals surface area contributed by atoms with Gasteiger partial charge in [0.15, 0.2) is 6.10 Å². The van der Waals surface area contributed by atoms with Crippen molar-refractivity contribution in [2.75, 3.05) is 25.6 Å². The number of amides is 1. The summed E-state index contributed by atoms with van der Waals surface area (Å²) in [7, 11) is 1.41. The number of hydrogen-bond donors (Lipinski definition) is 6. The number of ether oxygens (including phenoxy) is 2. The van der Waals surface area contributed by atoms with E-state index in [2.05, 4.69) is 10.6 Å². The van der Waals surface area contributed by atoms with Gasteiger partial charge in [-0.05, 0) is 30.7 Å². The van der Waals surface area contributed by atoms with Gasteiger partial charge in [-0.3, -0.25) is 19.8 Å². The first-order chi connectivity index (χ1) is 16.5. The molecule has 0 fully saturated rings. The second-order valence-electron chi connectivity index (χ2n) is 6.99. The number of halogens is 1. The summed E-state index contributed by atoms with van der Waals surface area (Å²) in [5.41, 5.74) is 6.92. The predicted molar refractivity (Wildman–Crippen MR) is 126 cm³/mol. The van der Waals surface area contributed by atoms with E-state index in [1.54, 1.807) is 19.1 Å². The normalized spacial score (nSPS) is 10.9. The minimum Gasteiger partial charge on any atom is -0.497 e. The first-order valence-electron chi connectivity index (χ1n) is 10.3. The molecule has 35 heavy (non-hydrogen) atoms. The van der Waals surface area contributed by atoms with E-state index in [-0.39, 0.29) is 31.1 Å². The summed E-state index contributed by atoms with van der Waals surface area (Å²) in [5.74, 6) is -2.97. The Morgan fingerprint density at radius 2 is 1.83 bits per heavy atom. The van der Waals surface area contributed by atoms with Crippen molar-refractivity contribution < 1.29 is 38.5 Å². The molecule has 2 rings (SSSR count). The number of methoxy groups -OCH3 is 1.